The first-order valence-corrected chi connectivity index (χ1v) is 6.07. The van der Waals surface area contributed by atoms with E-state index in [1.54, 1.807) is 0 Å². The van der Waals surface area contributed by atoms with Gasteiger partial charge < -0.3 is 4.74 Å². The molecular formula is C11H11BrN4O2. The minimum atomic E-state index is -0.177. The highest BCUT2D eigenvalue weighted by Crippen LogP contribution is 2.16. The van der Waals surface area contributed by atoms with E-state index >= 15 is 0 Å². The van der Waals surface area contributed by atoms with Gasteiger partial charge in [0.05, 0.1) is 13.0 Å². The molecule has 7 heteroatoms. The Balaban J connectivity index is 1.72. The third-order valence-corrected chi connectivity index (χ3v) is 2.61. The highest BCUT2D eigenvalue weighted by molar-refractivity contribution is 9.10. The van der Waals surface area contributed by atoms with Gasteiger partial charge in [0.1, 0.15) is 12.1 Å². The van der Waals surface area contributed by atoms with Crippen LogP contribution in [0, 0.1) is 0 Å². The molecule has 6 nitrogen and oxygen atoms in total. The van der Waals surface area contributed by atoms with Crippen molar-refractivity contribution in [1.29, 1.82) is 0 Å². The van der Waals surface area contributed by atoms with Gasteiger partial charge >= 0.3 is 0 Å². The van der Waals surface area contributed by atoms with E-state index in [4.69, 9.17) is 4.74 Å². The largest absolute Gasteiger partial charge is 0.493 e. The van der Waals surface area contributed by atoms with Gasteiger partial charge in [0.2, 0.25) is 11.9 Å². The number of carbonyl (C=O) groups excluding carboxylic acids is 1. The highest BCUT2D eigenvalue weighted by Gasteiger charge is 2.04. The van der Waals surface area contributed by atoms with Crippen molar-refractivity contribution in [2.45, 2.75) is 6.42 Å². The van der Waals surface area contributed by atoms with Crippen LogP contribution in [0.1, 0.15) is 6.42 Å². The number of H-pyrrole nitrogens is 1. The molecule has 2 N–H and O–H groups in total. The van der Waals surface area contributed by atoms with Crippen LogP contribution in [-0.2, 0) is 4.79 Å². The molecule has 0 fully saturated rings. The number of ether oxygens (including phenoxy) is 1. The number of amides is 1. The van der Waals surface area contributed by atoms with Gasteiger partial charge in [0.25, 0.3) is 0 Å². The van der Waals surface area contributed by atoms with Crippen LogP contribution in [-0.4, -0.2) is 27.7 Å². The molecule has 1 aromatic heterocycles. The third kappa shape index (κ3) is 3.85. The van der Waals surface area contributed by atoms with E-state index < -0.39 is 0 Å². The topological polar surface area (TPSA) is 79.9 Å². The maximum absolute atomic E-state index is 11.5. The maximum Gasteiger partial charge on any atom is 0.230 e. The predicted molar refractivity (Wildman–Crippen MR) is 69.3 cm³/mol. The zero-order chi connectivity index (χ0) is 12.8. The Morgan fingerprint density at radius 1 is 1.39 bits per heavy atom. The molecule has 94 valence electrons. The van der Waals surface area contributed by atoms with E-state index in [2.05, 4.69) is 36.4 Å². The lowest BCUT2D eigenvalue weighted by molar-refractivity contribution is -0.116. The van der Waals surface area contributed by atoms with E-state index in [1.807, 2.05) is 24.3 Å². The van der Waals surface area contributed by atoms with Gasteiger partial charge in [0.15, 0.2) is 0 Å². The molecule has 1 amide bonds. The fourth-order valence-electron chi connectivity index (χ4n) is 1.25. The summed E-state index contributed by atoms with van der Waals surface area (Å²) in [5, 5.41) is 8.73. The molecule has 1 aromatic carbocycles. The molecule has 0 spiro atoms. The van der Waals surface area contributed by atoms with Crippen LogP contribution >= 0.6 is 15.9 Å². The van der Waals surface area contributed by atoms with Crippen LogP contribution < -0.4 is 10.1 Å². The van der Waals surface area contributed by atoms with Crippen molar-refractivity contribution in [3.8, 4) is 5.75 Å². The molecule has 0 atom stereocenters. The second kappa shape index (κ2) is 6.15. The van der Waals surface area contributed by atoms with Crippen LogP contribution in [0.15, 0.2) is 35.1 Å². The molecule has 0 unspecified atom stereocenters. The van der Waals surface area contributed by atoms with Gasteiger partial charge in [-0.3, -0.25) is 10.1 Å². The van der Waals surface area contributed by atoms with Crippen molar-refractivity contribution in [2.75, 3.05) is 11.9 Å². The Morgan fingerprint density at radius 2 is 2.17 bits per heavy atom. The number of rotatable bonds is 5. The summed E-state index contributed by atoms with van der Waals surface area (Å²) in [6.45, 7) is 0.307. The summed E-state index contributed by atoms with van der Waals surface area (Å²) in [4.78, 5) is 15.3. The van der Waals surface area contributed by atoms with Crippen LogP contribution in [0.25, 0.3) is 0 Å². The number of benzene rings is 1. The molecule has 0 saturated heterocycles. The number of aromatic amines is 1. The molecular weight excluding hydrogens is 300 g/mol. The van der Waals surface area contributed by atoms with Crippen LogP contribution in [0.4, 0.5) is 5.95 Å². The van der Waals surface area contributed by atoms with Gasteiger partial charge in [-0.15, -0.1) is 0 Å². The Morgan fingerprint density at radius 3 is 2.83 bits per heavy atom. The minimum absolute atomic E-state index is 0.177. The number of aromatic nitrogens is 3. The number of nitrogens with one attached hydrogen (secondary N) is 2. The van der Waals surface area contributed by atoms with Crippen molar-refractivity contribution in [1.82, 2.24) is 15.2 Å². The van der Waals surface area contributed by atoms with Crippen molar-refractivity contribution in [3.05, 3.63) is 35.1 Å². The molecule has 0 aliphatic rings. The van der Waals surface area contributed by atoms with Crippen molar-refractivity contribution in [3.63, 3.8) is 0 Å². The normalized spacial score (nSPS) is 10.1. The zero-order valence-corrected chi connectivity index (χ0v) is 11.0. The summed E-state index contributed by atoms with van der Waals surface area (Å²) in [5.74, 6) is 0.887. The molecule has 2 rings (SSSR count). The molecule has 0 radical (unpaired) electrons. The first-order valence-electron chi connectivity index (χ1n) is 5.27. The number of hydrogen-bond donors (Lipinski definition) is 2. The van der Waals surface area contributed by atoms with Crippen molar-refractivity contribution < 1.29 is 9.53 Å². The Kier molecular flexibility index (Phi) is 4.30. The van der Waals surface area contributed by atoms with Crippen LogP contribution in [0.2, 0.25) is 0 Å². The SMILES string of the molecule is O=C(CCOc1ccc(Br)cc1)Nc1ncn[nH]1. The van der Waals surface area contributed by atoms with Crippen LogP contribution in [0.3, 0.4) is 0 Å². The standard InChI is InChI=1S/C11H11BrN4O2/c12-8-1-3-9(4-2-8)18-6-5-10(17)15-11-13-7-14-16-11/h1-4,7H,5-6H2,(H2,13,14,15,16,17). The average Bonchev–Trinajstić information content (AvgIpc) is 2.84. The summed E-state index contributed by atoms with van der Waals surface area (Å²) in [5.41, 5.74) is 0. The van der Waals surface area contributed by atoms with Gasteiger partial charge in [-0.2, -0.15) is 10.1 Å². The summed E-state index contributed by atoms with van der Waals surface area (Å²) < 4.78 is 6.41. The minimum Gasteiger partial charge on any atom is -0.493 e. The number of anilines is 1. The summed E-state index contributed by atoms with van der Waals surface area (Å²) in [6, 6.07) is 7.42. The van der Waals surface area contributed by atoms with Gasteiger partial charge in [-0.1, -0.05) is 15.9 Å². The quantitative estimate of drug-likeness (QED) is 0.885. The highest BCUT2D eigenvalue weighted by atomic mass is 79.9. The number of hydrogen-bond acceptors (Lipinski definition) is 4. The van der Waals surface area contributed by atoms with Crippen molar-refractivity contribution in [2.24, 2.45) is 0 Å². The number of nitrogens with zero attached hydrogens (tertiary/aromatic N) is 2. The molecule has 2 aromatic rings. The van der Waals surface area contributed by atoms with Crippen molar-refractivity contribution >= 4 is 27.8 Å². The second-order valence-corrected chi connectivity index (χ2v) is 4.35. The Labute approximate surface area is 112 Å². The maximum atomic E-state index is 11.5. The lowest BCUT2D eigenvalue weighted by Gasteiger charge is -2.05. The van der Waals surface area contributed by atoms with Gasteiger partial charge in [0, 0.05) is 4.47 Å². The van der Waals surface area contributed by atoms with E-state index in [0.29, 0.717) is 12.6 Å². The first-order chi connectivity index (χ1) is 8.74. The molecule has 18 heavy (non-hydrogen) atoms. The lowest BCUT2D eigenvalue weighted by atomic mass is 10.3. The second-order valence-electron chi connectivity index (χ2n) is 3.43. The molecule has 0 bridgehead atoms. The fourth-order valence-corrected chi connectivity index (χ4v) is 1.52. The first kappa shape index (κ1) is 12.6. The monoisotopic (exact) mass is 310 g/mol. The van der Waals surface area contributed by atoms with E-state index in [0.717, 1.165) is 10.2 Å². The van der Waals surface area contributed by atoms with E-state index in [9.17, 15) is 4.79 Å². The number of halogens is 1. The molecule has 0 aliphatic carbocycles. The Hall–Kier alpha value is -1.89. The summed E-state index contributed by atoms with van der Waals surface area (Å²) in [6.07, 6.45) is 1.57. The third-order valence-electron chi connectivity index (χ3n) is 2.08. The number of carbonyl (C=O) groups is 1. The average molecular weight is 311 g/mol. The predicted octanol–water partition coefficient (Wildman–Crippen LogP) is 1.97. The van der Waals surface area contributed by atoms with Gasteiger partial charge in [-0.25, -0.2) is 5.10 Å². The zero-order valence-electron chi connectivity index (χ0n) is 9.39. The summed E-state index contributed by atoms with van der Waals surface area (Å²) in [7, 11) is 0. The Bertz CT molecular complexity index is 498. The van der Waals surface area contributed by atoms with E-state index in [1.165, 1.54) is 6.33 Å². The lowest BCUT2D eigenvalue weighted by Crippen LogP contribution is -2.16. The van der Waals surface area contributed by atoms with Gasteiger partial charge in [-0.05, 0) is 24.3 Å². The molecule has 0 aliphatic heterocycles. The smallest absolute Gasteiger partial charge is 0.230 e. The van der Waals surface area contributed by atoms with E-state index in [-0.39, 0.29) is 12.3 Å². The van der Waals surface area contributed by atoms with Crippen LogP contribution in [0.5, 0.6) is 5.75 Å². The summed E-state index contributed by atoms with van der Waals surface area (Å²) >= 11 is 3.33. The fraction of sp³-hybridized carbons (Fsp3) is 0.182. The molecule has 1 heterocycles. The molecule has 0 saturated carbocycles.